The Hall–Kier alpha value is -1.86. The van der Waals surface area contributed by atoms with Gasteiger partial charge in [0.1, 0.15) is 0 Å². The Morgan fingerprint density at radius 1 is 1.25 bits per heavy atom. The van der Waals surface area contributed by atoms with Gasteiger partial charge in [-0.15, -0.1) is 0 Å². The van der Waals surface area contributed by atoms with E-state index < -0.39 is 12.5 Å². The second-order valence-electron chi connectivity index (χ2n) is 4.66. The Bertz CT molecular complexity index is 743. The summed E-state index contributed by atoms with van der Waals surface area (Å²) in [6.07, 6.45) is 0. The molecule has 0 aliphatic carbocycles. The number of carbonyl (C=O) groups is 1. The molecule has 0 aliphatic heterocycles. The molecule has 24 heavy (non-hydrogen) atoms. The van der Waals surface area contributed by atoms with Crippen molar-refractivity contribution < 1.29 is 23.0 Å². The molecule has 1 N–H and O–H groups in total. The second kappa shape index (κ2) is 8.30. The van der Waals surface area contributed by atoms with E-state index in [2.05, 4.69) is 26.0 Å². The molecule has 0 atom stereocenters. The summed E-state index contributed by atoms with van der Waals surface area (Å²) in [5.74, 6) is -0.486. The van der Waals surface area contributed by atoms with Crippen molar-refractivity contribution in [3.63, 3.8) is 0 Å². The molecule has 0 aliphatic rings. The third-order valence-corrected chi connectivity index (χ3v) is 3.94. The highest BCUT2D eigenvalue weighted by atomic mass is 79.9. The van der Waals surface area contributed by atoms with Gasteiger partial charge < -0.3 is 14.8 Å². The molecule has 0 radical (unpaired) electrons. The van der Waals surface area contributed by atoms with Crippen molar-refractivity contribution in [2.45, 2.75) is 13.2 Å². The minimum atomic E-state index is -2.97. The Morgan fingerprint density at radius 2 is 2.00 bits per heavy atom. The molecule has 0 saturated heterocycles. The number of hydrogen-bond acceptors (Lipinski definition) is 3. The Morgan fingerprint density at radius 3 is 2.62 bits per heavy atom. The molecule has 4 nitrogen and oxygen atoms in total. The van der Waals surface area contributed by atoms with E-state index in [0.29, 0.717) is 5.02 Å². The number of hydrogen-bond donors (Lipinski definition) is 1. The largest absolute Gasteiger partial charge is 0.493 e. The maximum atomic E-state index is 12.3. The number of ether oxygens (including phenoxy) is 2. The number of alkyl halides is 2. The van der Waals surface area contributed by atoms with Crippen LogP contribution in [0.1, 0.15) is 15.9 Å². The van der Waals surface area contributed by atoms with E-state index in [-0.39, 0.29) is 23.6 Å². The molecule has 8 heteroatoms. The quantitative estimate of drug-likeness (QED) is 0.740. The summed E-state index contributed by atoms with van der Waals surface area (Å²) in [4.78, 5) is 12.2. The lowest BCUT2D eigenvalue weighted by Gasteiger charge is -2.12. The maximum absolute atomic E-state index is 12.3. The lowest BCUT2D eigenvalue weighted by Crippen LogP contribution is -2.23. The van der Waals surface area contributed by atoms with Gasteiger partial charge >= 0.3 is 6.61 Å². The van der Waals surface area contributed by atoms with Gasteiger partial charge in [-0.3, -0.25) is 4.79 Å². The van der Waals surface area contributed by atoms with Crippen molar-refractivity contribution in [3.8, 4) is 11.5 Å². The molecule has 2 aromatic rings. The first kappa shape index (κ1) is 18.5. The summed E-state index contributed by atoms with van der Waals surface area (Å²) < 4.78 is 34.7. The van der Waals surface area contributed by atoms with Gasteiger partial charge in [0.2, 0.25) is 0 Å². The summed E-state index contributed by atoms with van der Waals surface area (Å²) in [7, 11) is 1.30. The zero-order valence-corrected chi connectivity index (χ0v) is 14.8. The number of benzene rings is 2. The fraction of sp³-hybridized carbons (Fsp3) is 0.188. The molecule has 2 aromatic carbocycles. The molecule has 128 valence electrons. The summed E-state index contributed by atoms with van der Waals surface area (Å²) in [5, 5.41) is 3.22. The predicted molar refractivity (Wildman–Crippen MR) is 89.9 cm³/mol. The van der Waals surface area contributed by atoms with Crippen LogP contribution in [0.2, 0.25) is 5.02 Å². The summed E-state index contributed by atoms with van der Waals surface area (Å²) in [6.45, 7) is -2.75. The van der Waals surface area contributed by atoms with E-state index >= 15 is 0 Å². The third-order valence-electron chi connectivity index (χ3n) is 3.10. The van der Waals surface area contributed by atoms with Crippen LogP contribution in [0.25, 0.3) is 0 Å². The number of methoxy groups -OCH3 is 1. The van der Waals surface area contributed by atoms with E-state index in [9.17, 15) is 13.6 Å². The monoisotopic (exact) mass is 419 g/mol. The van der Waals surface area contributed by atoms with Crippen LogP contribution in [-0.2, 0) is 6.54 Å². The molecule has 2 rings (SSSR count). The fourth-order valence-electron chi connectivity index (χ4n) is 1.94. The van der Waals surface area contributed by atoms with E-state index in [1.807, 2.05) is 6.07 Å². The second-order valence-corrected chi connectivity index (χ2v) is 5.99. The van der Waals surface area contributed by atoms with Gasteiger partial charge in [0.05, 0.1) is 7.11 Å². The Balaban J connectivity index is 2.09. The number of nitrogens with one attached hydrogen (secondary N) is 1. The minimum absolute atomic E-state index is 0.0459. The maximum Gasteiger partial charge on any atom is 0.387 e. The van der Waals surface area contributed by atoms with Crippen LogP contribution in [0, 0.1) is 0 Å². The number of rotatable bonds is 6. The van der Waals surface area contributed by atoms with E-state index in [1.165, 1.54) is 25.3 Å². The molecular formula is C16H13BrClF2NO3. The van der Waals surface area contributed by atoms with Crippen LogP contribution in [0.3, 0.4) is 0 Å². The van der Waals surface area contributed by atoms with Crippen molar-refractivity contribution >= 4 is 33.4 Å². The van der Waals surface area contributed by atoms with Crippen LogP contribution in [0.4, 0.5) is 8.78 Å². The minimum Gasteiger partial charge on any atom is -0.493 e. The zero-order valence-electron chi connectivity index (χ0n) is 12.5. The Kier molecular flexibility index (Phi) is 6.39. The molecular weight excluding hydrogens is 408 g/mol. The standard InChI is InChI=1S/C16H13BrClF2NO3/c1-23-14-6-9(3-5-13(14)24-16(19)20)15(22)21-8-10-2-4-11(17)7-12(10)18/h2-7,16H,8H2,1H3,(H,21,22). The lowest BCUT2D eigenvalue weighted by molar-refractivity contribution is -0.0512. The van der Waals surface area contributed by atoms with Crippen molar-refractivity contribution in [2.75, 3.05) is 7.11 Å². The zero-order chi connectivity index (χ0) is 17.7. The molecule has 0 bridgehead atoms. The van der Waals surface area contributed by atoms with Crippen LogP contribution < -0.4 is 14.8 Å². The molecule has 0 spiro atoms. The first-order valence-electron chi connectivity index (χ1n) is 6.75. The highest BCUT2D eigenvalue weighted by Gasteiger charge is 2.14. The van der Waals surface area contributed by atoms with E-state index in [4.69, 9.17) is 16.3 Å². The topological polar surface area (TPSA) is 47.6 Å². The molecule has 0 unspecified atom stereocenters. The predicted octanol–water partition coefficient (Wildman–Crippen LogP) is 4.64. The molecule has 0 heterocycles. The van der Waals surface area contributed by atoms with E-state index in [1.54, 1.807) is 12.1 Å². The third kappa shape index (κ3) is 4.82. The lowest BCUT2D eigenvalue weighted by atomic mass is 10.1. The normalized spacial score (nSPS) is 10.6. The highest BCUT2D eigenvalue weighted by molar-refractivity contribution is 9.10. The Labute approximate surface area is 150 Å². The van der Waals surface area contributed by atoms with Crippen molar-refractivity contribution in [3.05, 3.63) is 57.0 Å². The van der Waals surface area contributed by atoms with Gasteiger partial charge in [-0.1, -0.05) is 33.6 Å². The number of carbonyl (C=O) groups excluding carboxylic acids is 1. The van der Waals surface area contributed by atoms with E-state index in [0.717, 1.165) is 10.0 Å². The molecule has 0 fully saturated rings. The van der Waals surface area contributed by atoms with Gasteiger partial charge in [-0.2, -0.15) is 8.78 Å². The first-order chi connectivity index (χ1) is 11.4. The highest BCUT2D eigenvalue weighted by Crippen LogP contribution is 2.29. The first-order valence-corrected chi connectivity index (χ1v) is 7.92. The average Bonchev–Trinajstić information content (AvgIpc) is 2.53. The fourth-order valence-corrected chi connectivity index (χ4v) is 2.69. The summed E-state index contributed by atoms with van der Waals surface area (Å²) in [5.41, 5.74) is 1.000. The van der Waals surface area contributed by atoms with Crippen LogP contribution in [0.15, 0.2) is 40.9 Å². The molecule has 1 amide bonds. The SMILES string of the molecule is COc1cc(C(=O)NCc2ccc(Br)cc2Cl)ccc1OC(F)F. The van der Waals surface area contributed by atoms with Gasteiger partial charge in [0.15, 0.2) is 11.5 Å². The van der Waals surface area contributed by atoms with Crippen molar-refractivity contribution in [2.24, 2.45) is 0 Å². The van der Waals surface area contributed by atoms with Crippen molar-refractivity contribution in [1.29, 1.82) is 0 Å². The number of halogens is 4. The van der Waals surface area contributed by atoms with Crippen LogP contribution in [0.5, 0.6) is 11.5 Å². The molecule has 0 saturated carbocycles. The van der Waals surface area contributed by atoms with Gasteiger partial charge in [-0.05, 0) is 35.9 Å². The molecule has 0 aromatic heterocycles. The van der Waals surface area contributed by atoms with Crippen LogP contribution in [-0.4, -0.2) is 19.6 Å². The van der Waals surface area contributed by atoms with Crippen molar-refractivity contribution in [1.82, 2.24) is 5.32 Å². The van der Waals surface area contributed by atoms with Gasteiger partial charge in [-0.25, -0.2) is 0 Å². The smallest absolute Gasteiger partial charge is 0.387 e. The summed E-state index contributed by atoms with van der Waals surface area (Å²) in [6, 6.07) is 9.28. The van der Waals surface area contributed by atoms with Gasteiger partial charge in [0, 0.05) is 21.6 Å². The summed E-state index contributed by atoms with van der Waals surface area (Å²) >= 11 is 9.39. The van der Waals surface area contributed by atoms with Gasteiger partial charge in [0.25, 0.3) is 5.91 Å². The average molecular weight is 421 g/mol. The number of amides is 1. The van der Waals surface area contributed by atoms with Crippen LogP contribution >= 0.6 is 27.5 Å².